The molecule has 0 N–H and O–H groups in total. The lowest BCUT2D eigenvalue weighted by molar-refractivity contribution is -0.264. The van der Waals surface area contributed by atoms with E-state index in [1.165, 1.54) is 12.1 Å². The average molecular weight is 312 g/mol. The molecule has 0 atom stereocenters. The molecular formula is C14H14F6O. The number of hydrogen-bond donors (Lipinski definition) is 0. The summed E-state index contributed by atoms with van der Waals surface area (Å²) in [5.74, 6) is -5.96. The van der Waals surface area contributed by atoms with E-state index in [1.807, 2.05) is 6.92 Å². The fraction of sp³-hybridized carbons (Fsp3) is 0.500. The second kappa shape index (κ2) is 6.49. The van der Waals surface area contributed by atoms with Crippen LogP contribution in [-0.2, 0) is 6.42 Å². The van der Waals surface area contributed by atoms with Crippen LogP contribution in [0.2, 0.25) is 0 Å². The highest BCUT2D eigenvalue weighted by Gasteiger charge is 2.60. The fourth-order valence-corrected chi connectivity index (χ4v) is 1.87. The molecule has 0 aliphatic rings. The molecule has 21 heavy (non-hydrogen) atoms. The van der Waals surface area contributed by atoms with E-state index in [2.05, 4.69) is 0 Å². The minimum atomic E-state index is -5.66. The highest BCUT2D eigenvalue weighted by Crippen LogP contribution is 2.41. The number of Topliss-reactive ketones (excluding diaryl/α,β-unsaturated/α-hetero) is 1. The smallest absolute Gasteiger partial charge is 0.293 e. The van der Waals surface area contributed by atoms with Crippen LogP contribution in [0.25, 0.3) is 0 Å². The Kier molecular flexibility index (Phi) is 5.42. The quantitative estimate of drug-likeness (QED) is 0.555. The summed E-state index contributed by atoms with van der Waals surface area (Å²) in [5, 5.41) is 0. The summed E-state index contributed by atoms with van der Waals surface area (Å²) in [6.07, 6.45) is -8.90. The summed E-state index contributed by atoms with van der Waals surface area (Å²) in [6, 6.07) is 4.79. The third-order valence-electron chi connectivity index (χ3n) is 2.97. The maximum absolute atomic E-state index is 12.5. The number of alkyl halides is 6. The summed E-state index contributed by atoms with van der Waals surface area (Å²) in [4.78, 5) is 11.5. The largest absolute Gasteiger partial charge is 0.407 e. The molecule has 0 aliphatic heterocycles. The summed E-state index contributed by atoms with van der Waals surface area (Å²) in [5.41, 5.74) is 0.180. The molecule has 0 fully saturated rings. The van der Waals surface area contributed by atoms with E-state index in [0.29, 0.717) is 6.42 Å². The highest BCUT2D eigenvalue weighted by molar-refractivity contribution is 5.98. The first-order chi connectivity index (χ1) is 9.57. The molecule has 0 aromatic heterocycles. The fourth-order valence-electron chi connectivity index (χ4n) is 1.87. The van der Waals surface area contributed by atoms with E-state index in [4.69, 9.17) is 0 Å². The first-order valence-corrected chi connectivity index (χ1v) is 6.34. The van der Waals surface area contributed by atoms with E-state index < -0.39 is 29.6 Å². The number of rotatable bonds is 5. The molecule has 0 bridgehead atoms. The van der Waals surface area contributed by atoms with Gasteiger partial charge in [-0.2, -0.15) is 26.3 Å². The predicted molar refractivity (Wildman–Crippen MR) is 65.0 cm³/mol. The number of unbranched alkanes of at least 4 members (excludes halogenated alkanes) is 1. The molecule has 1 nitrogen and oxygen atoms in total. The molecule has 0 heterocycles. The van der Waals surface area contributed by atoms with Gasteiger partial charge in [-0.1, -0.05) is 37.6 Å². The third kappa shape index (κ3) is 4.75. The van der Waals surface area contributed by atoms with Crippen molar-refractivity contribution in [1.82, 2.24) is 0 Å². The molecule has 0 amide bonds. The van der Waals surface area contributed by atoms with Crippen LogP contribution >= 0.6 is 0 Å². The Labute approximate surface area is 118 Å². The van der Waals surface area contributed by atoms with Crippen molar-refractivity contribution in [3.63, 3.8) is 0 Å². The summed E-state index contributed by atoms with van der Waals surface area (Å²) in [7, 11) is 0. The molecule has 7 heteroatoms. The van der Waals surface area contributed by atoms with Crippen molar-refractivity contribution < 1.29 is 31.1 Å². The zero-order valence-electron chi connectivity index (χ0n) is 11.2. The predicted octanol–water partition coefficient (Wildman–Crippen LogP) is 4.95. The molecule has 0 radical (unpaired) electrons. The van der Waals surface area contributed by atoms with Gasteiger partial charge < -0.3 is 0 Å². The summed E-state index contributed by atoms with van der Waals surface area (Å²) >= 11 is 0. The van der Waals surface area contributed by atoms with Crippen LogP contribution in [0.15, 0.2) is 24.3 Å². The first kappa shape index (κ1) is 17.5. The average Bonchev–Trinajstić information content (AvgIpc) is 2.33. The first-order valence-electron chi connectivity index (χ1n) is 6.34. The SMILES string of the molecule is CCCCc1ccc(C(=O)C(C(F)(F)F)C(F)(F)F)cc1. The molecular weight excluding hydrogens is 298 g/mol. The minimum absolute atomic E-state index is 0.588. The van der Waals surface area contributed by atoms with Gasteiger partial charge in [0.25, 0.3) is 0 Å². The summed E-state index contributed by atoms with van der Waals surface area (Å²) < 4.78 is 74.7. The second-order valence-corrected chi connectivity index (χ2v) is 4.68. The molecule has 0 saturated heterocycles. The second-order valence-electron chi connectivity index (χ2n) is 4.68. The van der Waals surface area contributed by atoms with Gasteiger partial charge >= 0.3 is 12.4 Å². The standard InChI is InChI=1S/C14H14F6O/c1-2-3-4-9-5-7-10(8-6-9)11(21)12(13(15,16)17)14(18,19)20/h5-8,12H,2-4H2,1H3. The van der Waals surface area contributed by atoms with E-state index in [9.17, 15) is 31.1 Å². The Hall–Kier alpha value is -1.53. The van der Waals surface area contributed by atoms with Gasteiger partial charge in [0.05, 0.1) is 0 Å². The van der Waals surface area contributed by atoms with Gasteiger partial charge in [-0.05, 0) is 18.4 Å². The lowest BCUT2D eigenvalue weighted by atomic mass is 9.95. The van der Waals surface area contributed by atoms with Crippen molar-refractivity contribution in [1.29, 1.82) is 0 Å². The number of ketones is 1. The molecule has 0 unspecified atom stereocenters. The number of aryl methyl sites for hydroxylation is 1. The van der Waals surface area contributed by atoms with Crippen molar-refractivity contribution >= 4 is 5.78 Å². The Morgan fingerprint density at radius 2 is 1.48 bits per heavy atom. The number of hydrogen-bond acceptors (Lipinski definition) is 1. The monoisotopic (exact) mass is 312 g/mol. The van der Waals surface area contributed by atoms with Gasteiger partial charge in [0, 0.05) is 5.56 Å². The van der Waals surface area contributed by atoms with Crippen LogP contribution < -0.4 is 0 Å². The van der Waals surface area contributed by atoms with Crippen molar-refractivity contribution in [2.24, 2.45) is 5.92 Å². The zero-order chi connectivity index (χ0) is 16.3. The van der Waals surface area contributed by atoms with Gasteiger partial charge in [-0.25, -0.2) is 0 Å². The van der Waals surface area contributed by atoms with Crippen LogP contribution in [0.3, 0.4) is 0 Å². The van der Waals surface area contributed by atoms with Gasteiger partial charge in [0.2, 0.25) is 5.92 Å². The van der Waals surface area contributed by atoms with Crippen LogP contribution in [0.5, 0.6) is 0 Å². The number of carbonyl (C=O) groups is 1. The van der Waals surface area contributed by atoms with Crippen molar-refractivity contribution in [2.75, 3.05) is 0 Å². The molecule has 1 aromatic carbocycles. The molecule has 0 spiro atoms. The van der Waals surface area contributed by atoms with E-state index in [1.54, 1.807) is 0 Å². The number of carbonyl (C=O) groups excluding carboxylic acids is 1. The third-order valence-corrected chi connectivity index (χ3v) is 2.97. The number of halogens is 6. The van der Waals surface area contributed by atoms with Crippen molar-refractivity contribution in [2.45, 2.75) is 38.5 Å². The zero-order valence-corrected chi connectivity index (χ0v) is 11.2. The van der Waals surface area contributed by atoms with Gasteiger partial charge in [0.1, 0.15) is 0 Å². The lowest BCUT2D eigenvalue weighted by Crippen LogP contribution is -2.42. The molecule has 118 valence electrons. The normalized spacial score (nSPS) is 12.8. The van der Waals surface area contributed by atoms with Crippen LogP contribution in [0.1, 0.15) is 35.7 Å². The maximum Gasteiger partial charge on any atom is 0.407 e. The molecule has 0 saturated carbocycles. The van der Waals surface area contributed by atoms with Crippen LogP contribution in [0, 0.1) is 5.92 Å². The van der Waals surface area contributed by atoms with E-state index >= 15 is 0 Å². The Morgan fingerprint density at radius 3 is 1.86 bits per heavy atom. The lowest BCUT2D eigenvalue weighted by Gasteiger charge is -2.21. The van der Waals surface area contributed by atoms with Crippen LogP contribution in [0.4, 0.5) is 26.3 Å². The number of benzene rings is 1. The van der Waals surface area contributed by atoms with Crippen molar-refractivity contribution in [3.05, 3.63) is 35.4 Å². The van der Waals surface area contributed by atoms with Crippen LogP contribution in [-0.4, -0.2) is 18.1 Å². The molecule has 1 rings (SSSR count). The van der Waals surface area contributed by atoms with Gasteiger partial charge in [-0.3, -0.25) is 4.79 Å². The van der Waals surface area contributed by atoms with Crippen molar-refractivity contribution in [3.8, 4) is 0 Å². The maximum atomic E-state index is 12.5. The molecule has 1 aromatic rings. The Bertz CT molecular complexity index is 458. The minimum Gasteiger partial charge on any atom is -0.293 e. The molecule has 0 aliphatic carbocycles. The van der Waals surface area contributed by atoms with E-state index in [-0.39, 0.29) is 0 Å². The topological polar surface area (TPSA) is 17.1 Å². The highest BCUT2D eigenvalue weighted by atomic mass is 19.4. The van der Waals surface area contributed by atoms with Gasteiger partial charge in [0.15, 0.2) is 5.78 Å². The van der Waals surface area contributed by atoms with E-state index in [0.717, 1.165) is 30.5 Å². The van der Waals surface area contributed by atoms with Gasteiger partial charge in [-0.15, -0.1) is 0 Å². The Morgan fingerprint density at radius 1 is 1.00 bits per heavy atom. The summed E-state index contributed by atoms with van der Waals surface area (Å²) in [6.45, 7) is 1.95. The Balaban J connectivity index is 3.00.